The molecule has 1 aliphatic heterocycles. The van der Waals surface area contributed by atoms with E-state index in [-0.39, 0.29) is 31.9 Å². The first kappa shape index (κ1) is 40.3. The molecule has 0 saturated heterocycles. The molecule has 0 saturated carbocycles. The normalized spacial score (nSPS) is 13.2. The number of anilines is 3. The summed E-state index contributed by atoms with van der Waals surface area (Å²) in [4.78, 5) is 9.56. The first-order valence-corrected chi connectivity index (χ1v) is 20.4. The van der Waals surface area contributed by atoms with E-state index in [0.717, 1.165) is 55.9 Å². The summed E-state index contributed by atoms with van der Waals surface area (Å²) < 4.78 is 2.31. The molecule has 59 heavy (non-hydrogen) atoms. The predicted molar refractivity (Wildman–Crippen MR) is 243 cm³/mol. The van der Waals surface area contributed by atoms with Crippen LogP contribution in [0, 0.1) is 32.6 Å². The van der Waals surface area contributed by atoms with Crippen molar-refractivity contribution in [3.05, 3.63) is 203 Å². The van der Waals surface area contributed by atoms with Gasteiger partial charge < -0.3 is 14.4 Å². The first-order chi connectivity index (χ1) is 27.7. The quantitative estimate of drug-likeness (QED) is 0.123. The average Bonchev–Trinajstić information content (AvgIpc) is 3.72. The zero-order chi connectivity index (χ0) is 40.6. The maximum atomic E-state index is 5.02. The van der Waals surface area contributed by atoms with E-state index in [1.165, 1.54) is 33.3 Å². The second-order valence-electron chi connectivity index (χ2n) is 18.1. The van der Waals surface area contributed by atoms with Crippen LogP contribution in [0.25, 0.3) is 27.6 Å². The number of fused-ring (bicyclic) bond motifs is 4. The second kappa shape index (κ2) is 15.0. The maximum absolute atomic E-state index is 5.02. The van der Waals surface area contributed by atoms with E-state index in [1.54, 1.807) is 0 Å². The fourth-order valence-electron chi connectivity index (χ4n) is 8.74. The van der Waals surface area contributed by atoms with Gasteiger partial charge >= 0.3 is 0 Å². The van der Waals surface area contributed by atoms with Crippen LogP contribution in [-0.4, -0.2) is 16.6 Å². The van der Waals surface area contributed by atoms with Crippen molar-refractivity contribution in [1.29, 1.82) is 0 Å². The van der Waals surface area contributed by atoms with Crippen LogP contribution in [0.15, 0.2) is 140 Å². The molecule has 8 aromatic rings. The van der Waals surface area contributed by atoms with Crippen LogP contribution in [0.2, 0.25) is 0 Å². The maximum Gasteiger partial charge on any atom is 0.135 e. The Kier molecular flexibility index (Phi) is 10.2. The van der Waals surface area contributed by atoms with Gasteiger partial charge in [-0.2, -0.15) is 42.6 Å². The van der Waals surface area contributed by atoms with Crippen molar-refractivity contribution in [2.24, 2.45) is 0 Å². The van der Waals surface area contributed by atoms with Crippen molar-refractivity contribution >= 4 is 38.9 Å². The average molecular weight is 951 g/mol. The van der Waals surface area contributed by atoms with Crippen LogP contribution >= 0.6 is 0 Å². The molecule has 1 aliphatic rings. The molecule has 0 amide bonds. The Bertz CT molecular complexity index is 2780. The Morgan fingerprint density at radius 3 is 1.81 bits per heavy atom. The van der Waals surface area contributed by atoms with E-state index < -0.39 is 5.41 Å². The topological polar surface area (TPSA) is 24.3 Å². The zero-order valence-electron chi connectivity index (χ0n) is 35.5. The van der Waals surface area contributed by atoms with Crippen molar-refractivity contribution in [1.82, 2.24) is 9.55 Å². The summed E-state index contributed by atoms with van der Waals surface area (Å²) in [6.45, 7) is 20.3. The summed E-state index contributed by atoms with van der Waals surface area (Å²) in [5, 5.41) is 2.32. The predicted octanol–water partition coefficient (Wildman–Crippen LogP) is 13.1. The van der Waals surface area contributed by atoms with Crippen LogP contribution in [0.1, 0.15) is 86.1 Å². The van der Waals surface area contributed by atoms with E-state index in [1.807, 2.05) is 6.20 Å². The minimum Gasteiger partial charge on any atom is -0.504 e. The number of aryl methyl sites for hydroxylation is 2. The van der Waals surface area contributed by atoms with Gasteiger partial charge in [0.15, 0.2) is 0 Å². The van der Waals surface area contributed by atoms with Gasteiger partial charge in [0.2, 0.25) is 0 Å². The van der Waals surface area contributed by atoms with Crippen molar-refractivity contribution in [3.63, 3.8) is 0 Å². The Hall–Kier alpha value is -5.44. The molecule has 0 N–H and O–H groups in total. The van der Waals surface area contributed by atoms with Crippen molar-refractivity contribution < 1.29 is 21.1 Å². The summed E-state index contributed by atoms with van der Waals surface area (Å²) in [5.41, 5.74) is 13.9. The number of nitrogens with zero attached hydrogens (tertiary/aromatic N) is 4. The van der Waals surface area contributed by atoms with E-state index in [0.29, 0.717) is 0 Å². The van der Waals surface area contributed by atoms with Crippen LogP contribution in [0.3, 0.4) is 0 Å². The molecular formula is C54H51N4Pt-3. The number of para-hydroxylation sites is 1. The molecule has 9 rings (SSSR count). The van der Waals surface area contributed by atoms with Crippen molar-refractivity contribution in [2.75, 3.05) is 16.8 Å². The number of hydrogen-bond donors (Lipinski definition) is 0. The molecule has 0 unspecified atom stereocenters. The Morgan fingerprint density at radius 1 is 0.559 bits per heavy atom. The van der Waals surface area contributed by atoms with Crippen LogP contribution < -0.4 is 9.80 Å². The molecular weight excluding hydrogens is 900 g/mol. The van der Waals surface area contributed by atoms with Gasteiger partial charge in [0.05, 0.1) is 0 Å². The van der Waals surface area contributed by atoms with Crippen molar-refractivity contribution in [2.45, 2.75) is 71.6 Å². The molecule has 2 aromatic heterocycles. The second-order valence-corrected chi connectivity index (χ2v) is 18.1. The van der Waals surface area contributed by atoms with Crippen LogP contribution in [-0.2, 0) is 37.3 Å². The molecule has 0 aliphatic carbocycles. The fourth-order valence-corrected chi connectivity index (χ4v) is 8.74. The molecule has 5 heteroatoms. The first-order valence-electron chi connectivity index (χ1n) is 20.4. The molecule has 0 bridgehead atoms. The van der Waals surface area contributed by atoms with Gasteiger partial charge in [-0.05, 0) is 95.3 Å². The van der Waals surface area contributed by atoms with Crippen LogP contribution in [0.5, 0.6) is 0 Å². The molecule has 6 aromatic carbocycles. The molecule has 0 spiro atoms. The van der Waals surface area contributed by atoms with E-state index >= 15 is 0 Å². The summed E-state index contributed by atoms with van der Waals surface area (Å²) >= 11 is 0. The number of rotatable bonds is 6. The number of pyridine rings is 1. The standard InChI is InChI=1S/C54H51N4.Pt/c1-36-28-49-50(29-37(36)2)57(35-56(49)9)44-31-42(53(6,7)8)30-43(32-44)54(38-18-12-10-13-19-38,39-20-14-11-15-21-39)41-24-25-46-45-22-16-17-23-47(45)58(48(46)33-41)51-34-40(26-27-55-51)52(3,4)5;/h10-31,34-35H,1-9H3;/q-3;. The Labute approximate surface area is 364 Å². The van der Waals surface area contributed by atoms with E-state index in [9.17, 15) is 0 Å². The van der Waals surface area contributed by atoms with Gasteiger partial charge in [0.1, 0.15) is 5.82 Å². The third kappa shape index (κ3) is 6.80. The Balaban J connectivity index is 0.00000484. The smallest absolute Gasteiger partial charge is 0.135 e. The molecule has 300 valence electrons. The zero-order valence-corrected chi connectivity index (χ0v) is 37.7. The number of hydrogen-bond acceptors (Lipinski definition) is 3. The van der Waals surface area contributed by atoms with Gasteiger partial charge in [-0.15, -0.1) is 28.3 Å². The number of benzene rings is 6. The van der Waals surface area contributed by atoms with Gasteiger partial charge in [-0.25, -0.2) is 4.98 Å². The molecule has 0 fully saturated rings. The third-order valence-electron chi connectivity index (χ3n) is 12.1. The summed E-state index contributed by atoms with van der Waals surface area (Å²) in [5.74, 6) is 0.888. The summed E-state index contributed by atoms with van der Waals surface area (Å²) in [6.07, 6.45) is 1.95. The number of aromatic nitrogens is 2. The Morgan fingerprint density at radius 2 is 1.17 bits per heavy atom. The SMILES string of the molecule is Cc1cc2c(cc1C)N(c1[c-]c(C(c3[c-]c4c(cc3)c3ccccc3n4-c3cc(C(C)(C)C)ccn3)(c3ccccc3)c3ccccc3)cc(C(C)(C)C)c1)[CH-]N2C.[Pt]. The van der Waals surface area contributed by atoms with Crippen molar-refractivity contribution in [3.8, 4) is 5.82 Å². The largest absolute Gasteiger partial charge is 0.504 e. The molecule has 4 nitrogen and oxygen atoms in total. The van der Waals surface area contributed by atoms with Gasteiger partial charge in [0.25, 0.3) is 0 Å². The van der Waals surface area contributed by atoms with Crippen LogP contribution in [0.4, 0.5) is 17.1 Å². The minimum absolute atomic E-state index is 0. The third-order valence-corrected chi connectivity index (χ3v) is 12.1. The van der Waals surface area contributed by atoms with Gasteiger partial charge in [0, 0.05) is 49.6 Å². The van der Waals surface area contributed by atoms with Gasteiger partial charge in [-0.1, -0.05) is 126 Å². The monoisotopic (exact) mass is 950 g/mol. The molecule has 3 heterocycles. The minimum atomic E-state index is -0.799. The molecule has 0 atom stereocenters. The fraction of sp³-hybridized carbons (Fsp3) is 0.222. The molecule has 0 radical (unpaired) electrons. The van der Waals surface area contributed by atoms with E-state index in [4.69, 9.17) is 4.98 Å². The van der Waals surface area contributed by atoms with E-state index in [2.05, 4.69) is 229 Å². The summed E-state index contributed by atoms with van der Waals surface area (Å²) in [7, 11) is 2.13. The van der Waals surface area contributed by atoms with Gasteiger partial charge in [-0.3, -0.25) is 0 Å². The summed E-state index contributed by atoms with van der Waals surface area (Å²) in [6, 6.07) is 57.1.